The first-order valence-corrected chi connectivity index (χ1v) is 8.01. The number of nitrogens with zero attached hydrogens (tertiary/aromatic N) is 5. The number of halogens is 1. The molecule has 0 aliphatic heterocycles. The minimum absolute atomic E-state index is 0. The van der Waals surface area contributed by atoms with Gasteiger partial charge in [-0.15, -0.1) is 17.5 Å². The van der Waals surface area contributed by atoms with Crippen LogP contribution in [0.5, 0.6) is 0 Å². The van der Waals surface area contributed by atoms with E-state index in [-0.39, 0.29) is 24.8 Å². The molecule has 9 nitrogen and oxygen atoms in total. The summed E-state index contributed by atoms with van der Waals surface area (Å²) >= 11 is 0. The number of pyridine rings is 1. The number of carbonyl (C=O) groups is 1. The molecule has 0 radical (unpaired) electrons. The largest absolute Gasteiger partial charge is 0.465 e. The standard InChI is InChI=1S/C17H23N7O2.ClH/c1-23(2)9-10-24(17(25)26)11-12-5-3-4-6-13(12)21-22-14-7-8-15(18)20-16(14)19;/h3-8H,9-11H2,1-2H3,(H,25,26)(H4,18,19,20);1H. The Morgan fingerprint density at radius 2 is 1.74 bits per heavy atom. The van der Waals surface area contributed by atoms with Crippen molar-refractivity contribution in [2.24, 2.45) is 10.2 Å². The van der Waals surface area contributed by atoms with Crippen LogP contribution >= 0.6 is 12.4 Å². The quantitative estimate of drug-likeness (QED) is 0.618. The van der Waals surface area contributed by atoms with E-state index in [0.717, 1.165) is 5.56 Å². The third-order valence-electron chi connectivity index (χ3n) is 3.63. The molecule has 0 aliphatic rings. The molecular formula is C17H24ClN7O2. The smallest absolute Gasteiger partial charge is 0.407 e. The zero-order chi connectivity index (χ0) is 19.1. The van der Waals surface area contributed by atoms with Crippen LogP contribution in [0.15, 0.2) is 46.6 Å². The van der Waals surface area contributed by atoms with Gasteiger partial charge in [0.05, 0.1) is 12.2 Å². The molecule has 0 unspecified atom stereocenters. The van der Waals surface area contributed by atoms with Crippen LogP contribution in [-0.2, 0) is 6.54 Å². The van der Waals surface area contributed by atoms with Crippen LogP contribution in [0.25, 0.3) is 0 Å². The van der Waals surface area contributed by atoms with E-state index in [0.29, 0.717) is 30.3 Å². The Balaban J connectivity index is 0.00000364. The number of hydrogen-bond acceptors (Lipinski definition) is 7. The lowest BCUT2D eigenvalue weighted by molar-refractivity contribution is 0.138. The Labute approximate surface area is 164 Å². The average Bonchev–Trinajstić information content (AvgIpc) is 2.58. The highest BCUT2D eigenvalue weighted by atomic mass is 35.5. The van der Waals surface area contributed by atoms with Gasteiger partial charge in [-0.25, -0.2) is 9.78 Å². The zero-order valence-electron chi connectivity index (χ0n) is 15.2. The number of rotatable bonds is 7. The minimum Gasteiger partial charge on any atom is -0.465 e. The molecule has 1 amide bonds. The van der Waals surface area contributed by atoms with Crippen molar-refractivity contribution in [1.29, 1.82) is 0 Å². The minimum atomic E-state index is -0.981. The molecule has 1 aromatic carbocycles. The topological polar surface area (TPSA) is 133 Å². The summed E-state index contributed by atoms with van der Waals surface area (Å²) in [4.78, 5) is 18.7. The van der Waals surface area contributed by atoms with Crippen LogP contribution in [0.1, 0.15) is 5.56 Å². The number of nitrogen functional groups attached to an aromatic ring is 2. The molecule has 146 valence electrons. The van der Waals surface area contributed by atoms with Crippen LogP contribution in [-0.4, -0.2) is 53.2 Å². The highest BCUT2D eigenvalue weighted by Gasteiger charge is 2.14. The molecule has 0 atom stereocenters. The number of carboxylic acid groups (broad SMARTS) is 1. The van der Waals surface area contributed by atoms with Crippen molar-refractivity contribution >= 4 is 41.5 Å². The highest BCUT2D eigenvalue weighted by molar-refractivity contribution is 5.85. The molecular weight excluding hydrogens is 370 g/mol. The van der Waals surface area contributed by atoms with Gasteiger partial charge in [-0.2, -0.15) is 5.11 Å². The lowest BCUT2D eigenvalue weighted by Gasteiger charge is -2.21. The van der Waals surface area contributed by atoms with Crippen molar-refractivity contribution in [3.63, 3.8) is 0 Å². The maximum atomic E-state index is 11.5. The van der Waals surface area contributed by atoms with Gasteiger partial charge in [-0.1, -0.05) is 18.2 Å². The van der Waals surface area contributed by atoms with E-state index < -0.39 is 6.09 Å². The molecule has 0 bridgehead atoms. The Morgan fingerprint density at radius 1 is 1.07 bits per heavy atom. The molecule has 10 heteroatoms. The maximum absolute atomic E-state index is 11.5. The number of likely N-dealkylation sites (N-methyl/N-ethyl adjacent to an activating group) is 1. The second kappa shape index (κ2) is 10.3. The van der Waals surface area contributed by atoms with Gasteiger partial charge in [0.2, 0.25) is 0 Å². The van der Waals surface area contributed by atoms with E-state index in [1.807, 2.05) is 37.2 Å². The number of aromatic nitrogens is 1. The van der Waals surface area contributed by atoms with E-state index in [1.165, 1.54) is 4.90 Å². The Bertz CT molecular complexity index is 799. The lowest BCUT2D eigenvalue weighted by Crippen LogP contribution is -2.35. The van der Waals surface area contributed by atoms with Gasteiger partial charge in [0.15, 0.2) is 5.82 Å². The second-order valence-corrected chi connectivity index (χ2v) is 5.98. The van der Waals surface area contributed by atoms with Crippen LogP contribution in [0.4, 0.5) is 27.8 Å². The van der Waals surface area contributed by atoms with Crippen molar-refractivity contribution in [2.75, 3.05) is 38.7 Å². The third kappa shape index (κ3) is 6.72. The first kappa shape index (κ1) is 22.1. The molecule has 1 aromatic heterocycles. The molecule has 0 saturated carbocycles. The number of hydrogen-bond donors (Lipinski definition) is 3. The average molecular weight is 394 g/mol. The van der Waals surface area contributed by atoms with Gasteiger partial charge in [-0.3, -0.25) is 0 Å². The zero-order valence-corrected chi connectivity index (χ0v) is 16.1. The Morgan fingerprint density at radius 3 is 2.37 bits per heavy atom. The van der Waals surface area contributed by atoms with Crippen molar-refractivity contribution in [2.45, 2.75) is 6.54 Å². The van der Waals surface area contributed by atoms with Gasteiger partial charge >= 0.3 is 6.09 Å². The lowest BCUT2D eigenvalue weighted by atomic mass is 10.1. The fourth-order valence-corrected chi connectivity index (χ4v) is 2.19. The summed E-state index contributed by atoms with van der Waals surface area (Å²) in [5, 5.41) is 17.7. The van der Waals surface area contributed by atoms with Crippen LogP contribution in [0, 0.1) is 0 Å². The molecule has 0 fully saturated rings. The first-order chi connectivity index (χ1) is 12.4. The van der Waals surface area contributed by atoms with Gasteiger partial charge in [0, 0.05) is 13.1 Å². The van der Waals surface area contributed by atoms with E-state index in [4.69, 9.17) is 11.5 Å². The van der Waals surface area contributed by atoms with Gasteiger partial charge in [0.25, 0.3) is 0 Å². The number of azo groups is 1. The molecule has 5 N–H and O–H groups in total. The van der Waals surface area contributed by atoms with Crippen molar-refractivity contribution in [3.8, 4) is 0 Å². The van der Waals surface area contributed by atoms with E-state index in [1.54, 1.807) is 18.2 Å². The summed E-state index contributed by atoms with van der Waals surface area (Å²) in [5.41, 5.74) is 13.1. The Kier molecular flexibility index (Phi) is 8.43. The maximum Gasteiger partial charge on any atom is 0.407 e. The molecule has 2 aromatic rings. The predicted octanol–water partition coefficient (Wildman–Crippen LogP) is 3.12. The SMILES string of the molecule is CN(C)CCN(Cc1ccccc1N=Nc1ccc(N)nc1N)C(=O)O.Cl. The monoisotopic (exact) mass is 393 g/mol. The molecule has 2 rings (SSSR count). The van der Waals surface area contributed by atoms with E-state index in [9.17, 15) is 9.90 Å². The summed E-state index contributed by atoms with van der Waals surface area (Å²) in [6.45, 7) is 1.24. The normalized spacial score (nSPS) is 10.8. The number of benzene rings is 1. The van der Waals surface area contributed by atoms with Crippen molar-refractivity contribution in [1.82, 2.24) is 14.8 Å². The molecule has 0 saturated heterocycles. The highest BCUT2D eigenvalue weighted by Crippen LogP contribution is 2.26. The fourth-order valence-electron chi connectivity index (χ4n) is 2.19. The van der Waals surface area contributed by atoms with Crippen molar-refractivity contribution < 1.29 is 9.90 Å². The van der Waals surface area contributed by atoms with Crippen LogP contribution in [0.2, 0.25) is 0 Å². The molecule has 0 spiro atoms. The summed E-state index contributed by atoms with van der Waals surface area (Å²) < 4.78 is 0. The predicted molar refractivity (Wildman–Crippen MR) is 108 cm³/mol. The molecule has 27 heavy (non-hydrogen) atoms. The third-order valence-corrected chi connectivity index (χ3v) is 3.63. The summed E-state index contributed by atoms with van der Waals surface area (Å²) in [6.07, 6.45) is -0.981. The van der Waals surface area contributed by atoms with E-state index in [2.05, 4.69) is 15.2 Å². The summed E-state index contributed by atoms with van der Waals surface area (Å²) in [5.74, 6) is 0.490. The van der Waals surface area contributed by atoms with Crippen molar-refractivity contribution in [3.05, 3.63) is 42.0 Å². The number of amides is 1. The number of nitrogens with two attached hydrogens (primary N) is 2. The molecule has 1 heterocycles. The first-order valence-electron chi connectivity index (χ1n) is 8.01. The molecule has 0 aliphatic carbocycles. The fraction of sp³-hybridized carbons (Fsp3) is 0.294. The van der Waals surface area contributed by atoms with Gasteiger partial charge in [0.1, 0.15) is 11.5 Å². The number of anilines is 2. The van der Waals surface area contributed by atoms with Gasteiger partial charge < -0.3 is 26.4 Å². The van der Waals surface area contributed by atoms with Crippen LogP contribution < -0.4 is 11.5 Å². The second-order valence-electron chi connectivity index (χ2n) is 5.98. The Hall–Kier alpha value is -2.91. The summed E-state index contributed by atoms with van der Waals surface area (Å²) in [6, 6.07) is 10.5. The van der Waals surface area contributed by atoms with E-state index >= 15 is 0 Å². The van der Waals surface area contributed by atoms with Gasteiger partial charge in [-0.05, 0) is 37.9 Å². The van der Waals surface area contributed by atoms with Crippen LogP contribution in [0.3, 0.4) is 0 Å². The summed E-state index contributed by atoms with van der Waals surface area (Å²) in [7, 11) is 3.79.